The van der Waals surface area contributed by atoms with E-state index in [0.717, 1.165) is 69.1 Å². The Balaban J connectivity index is 1.11. The first kappa shape index (κ1) is 29.8. The summed E-state index contributed by atoms with van der Waals surface area (Å²) in [5.74, 6) is 0.432. The molecule has 1 unspecified atom stereocenters. The third-order valence-corrected chi connectivity index (χ3v) is 10.4. The Morgan fingerprint density at radius 1 is 1.07 bits per heavy atom. The number of hydrogen-bond acceptors (Lipinski definition) is 9. The summed E-state index contributed by atoms with van der Waals surface area (Å²) in [5.41, 5.74) is 6.38. The molecule has 0 N–H and O–H groups in total. The maximum Gasteiger partial charge on any atom is 0.256 e. The van der Waals surface area contributed by atoms with Gasteiger partial charge in [0.1, 0.15) is 0 Å². The fraction of sp³-hybridized carbons (Fsp3) is 0.469. The molecule has 5 aromatic rings. The lowest BCUT2D eigenvalue weighted by Crippen LogP contribution is -2.24. The highest BCUT2D eigenvalue weighted by Gasteiger charge is 2.37. The SMILES string of the molecule is Cc1cn(CCOC2CCCCO2)nc1-c1cn(C(C)C)c2cc(Cc3ccnc(-c4cnn(S(=O)(=O)C5CC5)c4)n3)ncc12. The van der Waals surface area contributed by atoms with Gasteiger partial charge in [-0.05, 0) is 70.6 Å². The molecule has 0 amide bonds. The minimum atomic E-state index is -3.45. The molecule has 6 heterocycles. The van der Waals surface area contributed by atoms with Crippen LogP contribution >= 0.6 is 0 Å². The Labute approximate surface area is 262 Å². The molecule has 1 aliphatic carbocycles. The third-order valence-electron chi connectivity index (χ3n) is 8.39. The standard InChI is InChI=1S/C32H38N8O4S/c1-21(2)39-20-28(31-22(3)18-38(37-31)11-13-44-30-6-4-5-12-43-30)27-17-34-25(15-29(27)39)14-24-9-10-33-32(36-24)23-16-35-40(19-23)45(41,42)26-7-8-26/h9-10,15-21,26,30H,4-8,11-14H2,1-3H3. The summed E-state index contributed by atoms with van der Waals surface area (Å²) in [6.07, 6.45) is 15.8. The van der Waals surface area contributed by atoms with Gasteiger partial charge in [0.2, 0.25) is 0 Å². The van der Waals surface area contributed by atoms with Gasteiger partial charge in [0.15, 0.2) is 12.1 Å². The van der Waals surface area contributed by atoms with Gasteiger partial charge in [0.25, 0.3) is 10.0 Å². The number of fused-ring (bicyclic) bond motifs is 1. The molecule has 0 aromatic carbocycles. The fourth-order valence-electron chi connectivity index (χ4n) is 5.82. The van der Waals surface area contributed by atoms with Gasteiger partial charge < -0.3 is 14.0 Å². The third kappa shape index (κ3) is 6.16. The summed E-state index contributed by atoms with van der Waals surface area (Å²) < 4.78 is 42.0. The molecule has 1 atom stereocenters. The van der Waals surface area contributed by atoms with Gasteiger partial charge in [-0.15, -0.1) is 0 Å². The van der Waals surface area contributed by atoms with Crippen LogP contribution in [0.5, 0.6) is 0 Å². The van der Waals surface area contributed by atoms with Crippen LogP contribution in [0.3, 0.4) is 0 Å². The summed E-state index contributed by atoms with van der Waals surface area (Å²) in [6, 6.07) is 4.20. The molecule has 236 valence electrons. The Bertz CT molecular complexity index is 1930. The van der Waals surface area contributed by atoms with Crippen LogP contribution in [-0.4, -0.2) is 71.7 Å². The highest BCUT2D eigenvalue weighted by molar-refractivity contribution is 7.90. The number of pyridine rings is 1. The molecule has 7 rings (SSSR count). The second-order valence-corrected chi connectivity index (χ2v) is 14.3. The maximum absolute atomic E-state index is 12.6. The van der Waals surface area contributed by atoms with E-state index in [1.807, 2.05) is 16.9 Å². The molecule has 12 nitrogen and oxygen atoms in total. The van der Waals surface area contributed by atoms with Gasteiger partial charge in [0.05, 0.1) is 53.3 Å². The van der Waals surface area contributed by atoms with E-state index in [0.29, 0.717) is 43.8 Å². The van der Waals surface area contributed by atoms with Crippen molar-refractivity contribution in [3.05, 3.63) is 66.3 Å². The van der Waals surface area contributed by atoms with Gasteiger partial charge in [-0.1, -0.05) is 0 Å². The van der Waals surface area contributed by atoms with E-state index >= 15 is 0 Å². The lowest BCUT2D eigenvalue weighted by molar-refractivity contribution is -0.163. The molecule has 2 fully saturated rings. The highest BCUT2D eigenvalue weighted by atomic mass is 32.2. The van der Waals surface area contributed by atoms with Crippen LogP contribution in [-0.2, 0) is 32.5 Å². The molecule has 0 spiro atoms. The molecule has 2 aliphatic rings. The quantitative estimate of drug-likeness (QED) is 0.200. The second kappa shape index (κ2) is 12.1. The molecule has 0 radical (unpaired) electrons. The summed E-state index contributed by atoms with van der Waals surface area (Å²) in [6.45, 7) is 8.40. The normalized spacial score (nSPS) is 17.5. The van der Waals surface area contributed by atoms with Crippen LogP contribution in [0.2, 0.25) is 0 Å². The van der Waals surface area contributed by atoms with Crippen LogP contribution < -0.4 is 0 Å². The van der Waals surface area contributed by atoms with Gasteiger partial charge >= 0.3 is 0 Å². The predicted molar refractivity (Wildman–Crippen MR) is 169 cm³/mol. The zero-order valence-corrected chi connectivity index (χ0v) is 26.7. The topological polar surface area (TPSA) is 132 Å². The fourth-order valence-corrected chi connectivity index (χ4v) is 7.29. The van der Waals surface area contributed by atoms with Crippen molar-refractivity contribution >= 4 is 20.9 Å². The zero-order chi connectivity index (χ0) is 31.1. The molecular formula is C32H38N8O4S. The highest BCUT2D eigenvalue weighted by Crippen LogP contribution is 2.34. The van der Waals surface area contributed by atoms with Crippen molar-refractivity contribution < 1.29 is 17.9 Å². The lowest BCUT2D eigenvalue weighted by atomic mass is 10.1. The zero-order valence-electron chi connectivity index (χ0n) is 25.8. The van der Waals surface area contributed by atoms with Gasteiger partial charge in [0, 0.05) is 60.5 Å². The smallest absolute Gasteiger partial charge is 0.256 e. The Hall–Kier alpha value is -3.94. The van der Waals surface area contributed by atoms with Crippen molar-refractivity contribution in [1.29, 1.82) is 0 Å². The second-order valence-electron chi connectivity index (χ2n) is 12.2. The number of nitrogens with zero attached hydrogens (tertiary/aromatic N) is 8. The Morgan fingerprint density at radius 2 is 1.93 bits per heavy atom. The molecule has 1 saturated carbocycles. The van der Waals surface area contributed by atoms with Gasteiger partial charge in [-0.3, -0.25) is 9.67 Å². The lowest BCUT2D eigenvalue weighted by Gasteiger charge is -2.22. The molecule has 13 heteroatoms. The average molecular weight is 631 g/mol. The maximum atomic E-state index is 12.6. The first-order chi connectivity index (χ1) is 21.8. The average Bonchev–Trinajstić information content (AvgIpc) is 3.49. The van der Waals surface area contributed by atoms with Gasteiger partial charge in [-0.2, -0.15) is 14.3 Å². The minimum Gasteiger partial charge on any atom is -0.353 e. The molecule has 5 aromatic heterocycles. The predicted octanol–water partition coefficient (Wildman–Crippen LogP) is 4.92. The van der Waals surface area contributed by atoms with Crippen LogP contribution in [0.4, 0.5) is 0 Å². The van der Waals surface area contributed by atoms with Crippen LogP contribution in [0.25, 0.3) is 33.5 Å². The van der Waals surface area contributed by atoms with E-state index in [-0.39, 0.29) is 17.6 Å². The minimum absolute atomic E-state index is 0.108. The Kier molecular flexibility index (Phi) is 8.00. The molecule has 1 aliphatic heterocycles. The summed E-state index contributed by atoms with van der Waals surface area (Å²) >= 11 is 0. The monoisotopic (exact) mass is 630 g/mol. The van der Waals surface area contributed by atoms with Crippen molar-refractivity contribution in [3.63, 3.8) is 0 Å². The number of aryl methyl sites for hydroxylation is 1. The number of aromatic nitrogens is 8. The van der Waals surface area contributed by atoms with E-state index < -0.39 is 10.0 Å². The van der Waals surface area contributed by atoms with Crippen molar-refractivity contribution in [2.45, 2.75) is 83.4 Å². The summed E-state index contributed by atoms with van der Waals surface area (Å²) in [4.78, 5) is 13.9. The number of ether oxygens (including phenoxy) is 2. The van der Waals surface area contributed by atoms with Crippen molar-refractivity contribution in [1.82, 2.24) is 38.5 Å². The van der Waals surface area contributed by atoms with Crippen LogP contribution in [0.1, 0.15) is 68.9 Å². The first-order valence-electron chi connectivity index (χ1n) is 15.6. The van der Waals surface area contributed by atoms with E-state index in [1.165, 1.54) is 12.4 Å². The Morgan fingerprint density at radius 3 is 2.71 bits per heavy atom. The largest absolute Gasteiger partial charge is 0.353 e. The molecular weight excluding hydrogens is 592 g/mol. The van der Waals surface area contributed by atoms with Crippen LogP contribution in [0.15, 0.2) is 49.3 Å². The van der Waals surface area contributed by atoms with Crippen molar-refractivity contribution in [2.24, 2.45) is 0 Å². The van der Waals surface area contributed by atoms with E-state index in [9.17, 15) is 8.42 Å². The number of hydrogen-bond donors (Lipinski definition) is 0. The van der Waals surface area contributed by atoms with Crippen molar-refractivity contribution in [2.75, 3.05) is 13.2 Å². The van der Waals surface area contributed by atoms with Gasteiger partial charge in [-0.25, -0.2) is 18.4 Å². The van der Waals surface area contributed by atoms with Crippen molar-refractivity contribution in [3.8, 4) is 22.6 Å². The molecule has 45 heavy (non-hydrogen) atoms. The van der Waals surface area contributed by atoms with E-state index in [4.69, 9.17) is 24.5 Å². The van der Waals surface area contributed by atoms with Crippen LogP contribution in [0, 0.1) is 6.92 Å². The molecule has 0 bridgehead atoms. The molecule has 1 saturated heterocycles. The summed E-state index contributed by atoms with van der Waals surface area (Å²) in [5, 5.41) is 9.72. The summed E-state index contributed by atoms with van der Waals surface area (Å²) in [7, 11) is -3.45. The number of rotatable bonds is 11. The first-order valence-corrected chi connectivity index (χ1v) is 17.1. The van der Waals surface area contributed by atoms with E-state index in [1.54, 1.807) is 6.20 Å². The van der Waals surface area contributed by atoms with E-state index in [2.05, 4.69) is 53.9 Å².